The molecule has 2 heterocycles. The number of aromatic nitrogens is 1. The van der Waals surface area contributed by atoms with Crippen LogP contribution < -0.4 is 10.6 Å². The number of fused-ring (bicyclic) bond motifs is 1. The predicted octanol–water partition coefficient (Wildman–Crippen LogP) is 2.71. The van der Waals surface area contributed by atoms with Crippen molar-refractivity contribution in [3.05, 3.63) is 35.8 Å². The van der Waals surface area contributed by atoms with Crippen molar-refractivity contribution in [3.63, 3.8) is 0 Å². The third-order valence-corrected chi connectivity index (χ3v) is 5.49. The van der Waals surface area contributed by atoms with Crippen LogP contribution in [0.2, 0.25) is 0 Å². The van der Waals surface area contributed by atoms with E-state index in [9.17, 15) is 13.2 Å². The molecule has 1 atom stereocenters. The van der Waals surface area contributed by atoms with E-state index in [0.29, 0.717) is 23.1 Å². The van der Waals surface area contributed by atoms with Crippen molar-refractivity contribution in [3.8, 4) is 0 Å². The standard InChI is InChI=1S/C15H16N4O3S2/c1-10(9-14(20)18-15-16-6-7-23-15)8-13-17-11-4-2-3-5-12(11)24(21,22)19-13/h2-7,10H,8-9H2,1H3,(H,17,19)(H,16,18,20). The molecule has 1 aromatic carbocycles. The third-order valence-electron chi connectivity index (χ3n) is 3.43. The number of carbonyl (C=O) groups excluding carboxylic acids is 1. The maximum absolute atomic E-state index is 12.2. The van der Waals surface area contributed by atoms with Gasteiger partial charge in [-0.1, -0.05) is 19.1 Å². The van der Waals surface area contributed by atoms with Crippen LogP contribution in [0.1, 0.15) is 19.8 Å². The number of anilines is 2. The Morgan fingerprint density at radius 3 is 2.92 bits per heavy atom. The second-order valence-corrected chi connectivity index (χ2v) is 8.00. The molecule has 0 saturated heterocycles. The number of rotatable bonds is 5. The van der Waals surface area contributed by atoms with E-state index >= 15 is 0 Å². The van der Waals surface area contributed by atoms with Crippen molar-refractivity contribution < 1.29 is 13.2 Å². The Hall–Kier alpha value is -2.26. The highest BCUT2D eigenvalue weighted by Crippen LogP contribution is 2.28. The second kappa shape index (κ2) is 6.70. The van der Waals surface area contributed by atoms with Gasteiger partial charge in [0.1, 0.15) is 10.7 Å². The van der Waals surface area contributed by atoms with Crippen LogP contribution in [-0.2, 0) is 14.8 Å². The zero-order valence-electron chi connectivity index (χ0n) is 12.9. The lowest BCUT2D eigenvalue weighted by Gasteiger charge is -2.20. The predicted molar refractivity (Wildman–Crippen MR) is 93.8 cm³/mol. The fraction of sp³-hybridized carbons (Fsp3) is 0.267. The van der Waals surface area contributed by atoms with Gasteiger partial charge in [0.05, 0.1) is 5.69 Å². The van der Waals surface area contributed by atoms with Gasteiger partial charge in [0.25, 0.3) is 10.0 Å². The van der Waals surface area contributed by atoms with Gasteiger partial charge in [-0.05, 0) is 18.1 Å². The van der Waals surface area contributed by atoms with Crippen LogP contribution in [0.4, 0.5) is 10.8 Å². The Bertz CT molecular complexity index is 876. The molecule has 2 N–H and O–H groups in total. The number of hydrogen-bond acceptors (Lipinski definition) is 6. The molecule has 0 bridgehead atoms. The number of amides is 1. The molecule has 7 nitrogen and oxygen atoms in total. The highest BCUT2D eigenvalue weighted by Gasteiger charge is 2.25. The van der Waals surface area contributed by atoms with Crippen molar-refractivity contribution in [2.24, 2.45) is 10.3 Å². The summed E-state index contributed by atoms with van der Waals surface area (Å²) in [6, 6.07) is 6.63. The highest BCUT2D eigenvalue weighted by molar-refractivity contribution is 7.90. The first-order valence-electron chi connectivity index (χ1n) is 7.33. The Labute approximate surface area is 143 Å². The molecule has 0 saturated carbocycles. The van der Waals surface area contributed by atoms with Gasteiger partial charge in [0.2, 0.25) is 5.91 Å². The SMILES string of the molecule is CC(CC(=O)Nc1nccs1)CC1=NS(=O)(=O)c2ccccc2N1. The van der Waals surface area contributed by atoms with Crippen LogP contribution >= 0.6 is 11.3 Å². The number of carbonyl (C=O) groups is 1. The summed E-state index contributed by atoms with van der Waals surface area (Å²) in [5.41, 5.74) is 0.516. The first-order valence-corrected chi connectivity index (χ1v) is 9.65. The van der Waals surface area contributed by atoms with Gasteiger partial charge in [0, 0.05) is 24.4 Å². The Morgan fingerprint density at radius 1 is 1.38 bits per heavy atom. The van der Waals surface area contributed by atoms with Gasteiger partial charge in [-0.3, -0.25) is 4.79 Å². The molecule has 0 radical (unpaired) electrons. The number of hydrogen-bond donors (Lipinski definition) is 2. The average molecular weight is 364 g/mol. The van der Waals surface area contributed by atoms with E-state index in [1.807, 2.05) is 6.92 Å². The Kier molecular flexibility index (Phi) is 4.63. The summed E-state index contributed by atoms with van der Waals surface area (Å²) in [5.74, 6) is 0.122. The van der Waals surface area contributed by atoms with E-state index in [1.165, 1.54) is 17.4 Å². The molecule has 24 heavy (non-hydrogen) atoms. The van der Waals surface area contributed by atoms with Gasteiger partial charge >= 0.3 is 0 Å². The van der Waals surface area contributed by atoms with Gasteiger partial charge in [-0.25, -0.2) is 4.98 Å². The first kappa shape index (κ1) is 16.6. The first-order chi connectivity index (χ1) is 11.4. The lowest BCUT2D eigenvalue weighted by atomic mass is 10.0. The van der Waals surface area contributed by atoms with Crippen molar-refractivity contribution in [1.29, 1.82) is 0 Å². The van der Waals surface area contributed by atoms with E-state index < -0.39 is 10.0 Å². The number of nitrogens with one attached hydrogen (secondary N) is 2. The summed E-state index contributed by atoms with van der Waals surface area (Å²) in [4.78, 5) is 16.1. The van der Waals surface area contributed by atoms with Crippen molar-refractivity contribution >= 4 is 43.9 Å². The summed E-state index contributed by atoms with van der Waals surface area (Å²) in [6.07, 6.45) is 2.23. The van der Waals surface area contributed by atoms with Crippen LogP contribution in [0.5, 0.6) is 0 Å². The largest absolute Gasteiger partial charge is 0.342 e. The van der Waals surface area contributed by atoms with Gasteiger partial charge < -0.3 is 10.6 Å². The number of nitrogens with zero attached hydrogens (tertiary/aromatic N) is 2. The van der Waals surface area contributed by atoms with E-state index in [2.05, 4.69) is 20.0 Å². The fourth-order valence-corrected chi connectivity index (χ4v) is 4.13. The lowest BCUT2D eigenvalue weighted by molar-refractivity contribution is -0.116. The zero-order valence-corrected chi connectivity index (χ0v) is 14.5. The maximum atomic E-state index is 12.2. The molecular weight excluding hydrogens is 348 g/mol. The summed E-state index contributed by atoms with van der Waals surface area (Å²) < 4.78 is 28.2. The number of thiazole rings is 1. The molecular formula is C15H16N4O3S2. The van der Waals surface area contributed by atoms with E-state index in [1.54, 1.807) is 29.8 Å². The monoisotopic (exact) mass is 364 g/mol. The molecule has 1 aliphatic rings. The van der Waals surface area contributed by atoms with Crippen LogP contribution in [-0.4, -0.2) is 25.1 Å². The van der Waals surface area contributed by atoms with Crippen LogP contribution in [0, 0.1) is 5.92 Å². The quantitative estimate of drug-likeness (QED) is 0.849. The smallest absolute Gasteiger partial charge is 0.286 e. The normalized spacial score (nSPS) is 16.5. The van der Waals surface area contributed by atoms with E-state index in [-0.39, 0.29) is 23.1 Å². The Morgan fingerprint density at radius 2 is 2.17 bits per heavy atom. The summed E-state index contributed by atoms with van der Waals surface area (Å²) >= 11 is 1.35. The number of para-hydroxylation sites is 1. The molecule has 0 fully saturated rings. The molecule has 1 aromatic heterocycles. The van der Waals surface area contributed by atoms with Gasteiger partial charge in [-0.2, -0.15) is 8.42 Å². The Balaban J connectivity index is 1.64. The van der Waals surface area contributed by atoms with Gasteiger partial charge in [0.15, 0.2) is 5.13 Å². The third kappa shape index (κ3) is 3.80. The van der Waals surface area contributed by atoms with E-state index in [4.69, 9.17) is 0 Å². The van der Waals surface area contributed by atoms with Crippen LogP contribution in [0.25, 0.3) is 0 Å². The fourth-order valence-electron chi connectivity index (χ4n) is 2.43. The topological polar surface area (TPSA) is 101 Å². The maximum Gasteiger partial charge on any atom is 0.286 e. The lowest BCUT2D eigenvalue weighted by Crippen LogP contribution is -2.25. The van der Waals surface area contributed by atoms with Crippen LogP contribution in [0.15, 0.2) is 45.1 Å². The van der Waals surface area contributed by atoms with Gasteiger partial charge in [-0.15, -0.1) is 15.7 Å². The van der Waals surface area contributed by atoms with Crippen molar-refractivity contribution in [2.75, 3.05) is 10.6 Å². The molecule has 126 valence electrons. The van der Waals surface area contributed by atoms with Crippen molar-refractivity contribution in [2.45, 2.75) is 24.7 Å². The highest BCUT2D eigenvalue weighted by atomic mass is 32.2. The summed E-state index contributed by atoms with van der Waals surface area (Å²) in [5, 5.41) is 8.08. The van der Waals surface area contributed by atoms with E-state index in [0.717, 1.165) is 0 Å². The summed E-state index contributed by atoms with van der Waals surface area (Å²) in [7, 11) is -3.69. The second-order valence-electron chi connectivity index (χ2n) is 5.53. The molecule has 2 aromatic rings. The molecule has 1 amide bonds. The molecule has 1 aliphatic heterocycles. The van der Waals surface area contributed by atoms with Crippen LogP contribution in [0.3, 0.4) is 0 Å². The minimum atomic E-state index is -3.69. The molecule has 9 heteroatoms. The molecule has 3 rings (SSSR count). The van der Waals surface area contributed by atoms with Crippen molar-refractivity contribution in [1.82, 2.24) is 4.98 Å². The molecule has 0 aliphatic carbocycles. The molecule has 0 spiro atoms. The minimum absolute atomic E-state index is 0.0725. The zero-order chi connectivity index (χ0) is 17.2. The number of amidine groups is 1. The number of sulfonamides is 1. The summed E-state index contributed by atoms with van der Waals surface area (Å²) in [6.45, 7) is 1.87. The molecule has 1 unspecified atom stereocenters. The number of benzene rings is 1. The minimum Gasteiger partial charge on any atom is -0.342 e. The average Bonchev–Trinajstić information content (AvgIpc) is 2.99.